The number of hydrogen-bond donors (Lipinski definition) is 2. The van der Waals surface area contributed by atoms with Crippen molar-refractivity contribution < 1.29 is 9.53 Å². The fourth-order valence-corrected chi connectivity index (χ4v) is 2.03. The second-order valence-electron chi connectivity index (χ2n) is 5.09. The third-order valence-electron chi connectivity index (χ3n) is 3.24. The van der Waals surface area contributed by atoms with E-state index in [1.165, 1.54) is 0 Å². The van der Waals surface area contributed by atoms with Gasteiger partial charge < -0.3 is 10.1 Å². The molecule has 0 aliphatic carbocycles. The number of carbonyl (C=O) groups is 1. The number of rotatable bonds is 6. The van der Waals surface area contributed by atoms with Gasteiger partial charge in [0, 0.05) is 31.8 Å². The number of carbonyl (C=O) groups excluding carboxylic acids is 1. The standard InChI is InChI=1S/C15H21N5O2/c1-11(10-22-3)20-8-6-14(19-20)18-15(21)17-12(2)13-5-4-7-16-9-13/h4-9,11-12H,10H2,1-3H3,(H2,17,18,19,21). The first kappa shape index (κ1) is 16.0. The molecule has 0 aromatic carbocycles. The maximum absolute atomic E-state index is 12.0. The molecule has 0 spiro atoms. The van der Waals surface area contributed by atoms with E-state index in [2.05, 4.69) is 20.7 Å². The summed E-state index contributed by atoms with van der Waals surface area (Å²) in [5.74, 6) is 0.499. The number of nitrogens with zero attached hydrogens (tertiary/aromatic N) is 3. The molecule has 22 heavy (non-hydrogen) atoms. The van der Waals surface area contributed by atoms with Gasteiger partial charge in [0.1, 0.15) is 0 Å². The van der Waals surface area contributed by atoms with E-state index in [0.29, 0.717) is 12.4 Å². The van der Waals surface area contributed by atoms with E-state index in [0.717, 1.165) is 5.56 Å². The lowest BCUT2D eigenvalue weighted by atomic mass is 10.1. The van der Waals surface area contributed by atoms with Crippen molar-refractivity contribution in [2.75, 3.05) is 19.0 Å². The molecule has 0 fully saturated rings. The van der Waals surface area contributed by atoms with Crippen molar-refractivity contribution in [3.8, 4) is 0 Å². The summed E-state index contributed by atoms with van der Waals surface area (Å²) in [6.07, 6.45) is 5.24. The summed E-state index contributed by atoms with van der Waals surface area (Å²) in [6, 6.07) is 5.17. The molecular weight excluding hydrogens is 282 g/mol. The summed E-state index contributed by atoms with van der Waals surface area (Å²) < 4.78 is 6.84. The van der Waals surface area contributed by atoms with Crippen LogP contribution in [0, 0.1) is 0 Å². The van der Waals surface area contributed by atoms with E-state index in [1.807, 2.05) is 32.2 Å². The van der Waals surface area contributed by atoms with Crippen molar-refractivity contribution in [1.82, 2.24) is 20.1 Å². The van der Waals surface area contributed by atoms with E-state index in [9.17, 15) is 4.79 Å². The van der Waals surface area contributed by atoms with Gasteiger partial charge in [0.05, 0.1) is 18.7 Å². The summed E-state index contributed by atoms with van der Waals surface area (Å²) in [5, 5.41) is 9.86. The third kappa shape index (κ3) is 4.29. The minimum Gasteiger partial charge on any atom is -0.382 e. The summed E-state index contributed by atoms with van der Waals surface area (Å²) >= 11 is 0. The van der Waals surface area contributed by atoms with Crippen LogP contribution < -0.4 is 10.6 Å². The maximum atomic E-state index is 12.0. The second-order valence-corrected chi connectivity index (χ2v) is 5.09. The van der Waals surface area contributed by atoms with Crippen molar-refractivity contribution in [2.24, 2.45) is 0 Å². The van der Waals surface area contributed by atoms with Crippen molar-refractivity contribution >= 4 is 11.8 Å². The van der Waals surface area contributed by atoms with Crippen LogP contribution in [0.3, 0.4) is 0 Å². The van der Waals surface area contributed by atoms with Gasteiger partial charge in [0.2, 0.25) is 0 Å². The number of nitrogens with one attached hydrogen (secondary N) is 2. The molecule has 0 aliphatic heterocycles. The van der Waals surface area contributed by atoms with Gasteiger partial charge in [-0.05, 0) is 25.5 Å². The molecule has 2 aromatic heterocycles. The molecule has 2 atom stereocenters. The van der Waals surface area contributed by atoms with Crippen molar-refractivity contribution in [2.45, 2.75) is 25.9 Å². The lowest BCUT2D eigenvalue weighted by Crippen LogP contribution is -2.31. The van der Waals surface area contributed by atoms with Gasteiger partial charge >= 0.3 is 6.03 Å². The first-order chi connectivity index (χ1) is 10.6. The van der Waals surface area contributed by atoms with E-state index in [-0.39, 0.29) is 18.1 Å². The first-order valence-corrected chi connectivity index (χ1v) is 7.11. The Hall–Kier alpha value is -2.41. The molecule has 118 valence electrons. The molecule has 0 aliphatic rings. The SMILES string of the molecule is COCC(C)n1ccc(NC(=O)NC(C)c2cccnc2)n1. The van der Waals surface area contributed by atoms with Crippen LogP contribution in [0.1, 0.15) is 31.5 Å². The van der Waals surface area contributed by atoms with Crippen LogP contribution in [0.15, 0.2) is 36.8 Å². The van der Waals surface area contributed by atoms with Gasteiger partial charge in [-0.25, -0.2) is 4.79 Å². The molecule has 2 aromatic rings. The normalized spacial score (nSPS) is 13.4. The lowest BCUT2D eigenvalue weighted by molar-refractivity contribution is 0.157. The number of anilines is 1. The van der Waals surface area contributed by atoms with E-state index in [1.54, 1.807) is 30.3 Å². The number of aromatic nitrogens is 3. The molecule has 2 heterocycles. The number of urea groups is 1. The minimum atomic E-state index is -0.305. The summed E-state index contributed by atoms with van der Waals surface area (Å²) in [6.45, 7) is 4.45. The van der Waals surface area contributed by atoms with Crippen LogP contribution in [0.5, 0.6) is 0 Å². The highest BCUT2D eigenvalue weighted by Gasteiger charge is 2.12. The molecule has 0 bridgehead atoms. The smallest absolute Gasteiger partial charge is 0.320 e. The maximum Gasteiger partial charge on any atom is 0.320 e. The fourth-order valence-electron chi connectivity index (χ4n) is 2.03. The molecule has 2 unspecified atom stereocenters. The molecule has 0 radical (unpaired) electrons. The van der Waals surface area contributed by atoms with Crippen LogP contribution in [-0.4, -0.2) is 34.5 Å². The Labute approximate surface area is 129 Å². The average Bonchev–Trinajstić information content (AvgIpc) is 2.96. The largest absolute Gasteiger partial charge is 0.382 e. The van der Waals surface area contributed by atoms with Crippen molar-refractivity contribution in [3.63, 3.8) is 0 Å². The zero-order chi connectivity index (χ0) is 15.9. The Kier molecular flexibility index (Phi) is 5.48. The van der Waals surface area contributed by atoms with Gasteiger partial charge in [-0.3, -0.25) is 15.0 Å². The third-order valence-corrected chi connectivity index (χ3v) is 3.24. The Bertz CT molecular complexity index is 599. The fraction of sp³-hybridized carbons (Fsp3) is 0.400. The lowest BCUT2D eigenvalue weighted by Gasteiger charge is -2.14. The Morgan fingerprint density at radius 2 is 2.23 bits per heavy atom. The number of methoxy groups -OCH3 is 1. The zero-order valence-electron chi connectivity index (χ0n) is 13.0. The highest BCUT2D eigenvalue weighted by atomic mass is 16.5. The molecule has 2 rings (SSSR count). The Morgan fingerprint density at radius 3 is 2.91 bits per heavy atom. The van der Waals surface area contributed by atoms with Crippen LogP contribution in [-0.2, 0) is 4.74 Å². The van der Waals surface area contributed by atoms with Crippen molar-refractivity contribution in [3.05, 3.63) is 42.4 Å². The first-order valence-electron chi connectivity index (χ1n) is 7.11. The monoisotopic (exact) mass is 303 g/mol. The molecule has 0 saturated carbocycles. The summed E-state index contributed by atoms with van der Waals surface area (Å²) in [4.78, 5) is 16.0. The Balaban J connectivity index is 1.89. The quantitative estimate of drug-likeness (QED) is 0.858. The predicted molar refractivity (Wildman–Crippen MR) is 83.6 cm³/mol. The molecule has 7 heteroatoms. The van der Waals surface area contributed by atoms with Crippen LogP contribution in [0.2, 0.25) is 0 Å². The number of pyridine rings is 1. The van der Waals surface area contributed by atoms with Gasteiger partial charge in [0.15, 0.2) is 5.82 Å². The van der Waals surface area contributed by atoms with E-state index < -0.39 is 0 Å². The van der Waals surface area contributed by atoms with Crippen molar-refractivity contribution in [1.29, 1.82) is 0 Å². The molecular formula is C15H21N5O2. The Morgan fingerprint density at radius 1 is 1.41 bits per heavy atom. The molecule has 2 amide bonds. The van der Waals surface area contributed by atoms with Gasteiger partial charge in [-0.1, -0.05) is 6.07 Å². The number of ether oxygens (including phenoxy) is 1. The topological polar surface area (TPSA) is 81.1 Å². The van der Waals surface area contributed by atoms with E-state index in [4.69, 9.17) is 4.74 Å². The second kappa shape index (κ2) is 7.56. The van der Waals surface area contributed by atoms with Gasteiger partial charge in [-0.2, -0.15) is 5.10 Å². The molecule has 7 nitrogen and oxygen atoms in total. The highest BCUT2D eigenvalue weighted by molar-refractivity contribution is 5.88. The van der Waals surface area contributed by atoms with Gasteiger partial charge in [0.25, 0.3) is 0 Å². The zero-order valence-corrected chi connectivity index (χ0v) is 13.0. The highest BCUT2D eigenvalue weighted by Crippen LogP contribution is 2.12. The molecule has 2 N–H and O–H groups in total. The number of hydrogen-bond acceptors (Lipinski definition) is 4. The average molecular weight is 303 g/mol. The summed E-state index contributed by atoms with van der Waals surface area (Å²) in [5.41, 5.74) is 0.942. The van der Waals surface area contributed by atoms with Gasteiger partial charge in [-0.15, -0.1) is 0 Å². The predicted octanol–water partition coefficient (Wildman–Crippen LogP) is 2.37. The summed E-state index contributed by atoms with van der Waals surface area (Å²) in [7, 11) is 1.65. The minimum absolute atomic E-state index is 0.109. The molecule has 0 saturated heterocycles. The van der Waals surface area contributed by atoms with Crippen LogP contribution in [0.4, 0.5) is 10.6 Å². The van der Waals surface area contributed by atoms with Crippen LogP contribution >= 0.6 is 0 Å². The van der Waals surface area contributed by atoms with Crippen LogP contribution in [0.25, 0.3) is 0 Å². The van der Waals surface area contributed by atoms with E-state index >= 15 is 0 Å². The number of amides is 2.